The zero-order valence-electron chi connectivity index (χ0n) is 11.6. The van der Waals surface area contributed by atoms with E-state index in [4.69, 9.17) is 11.6 Å². The Labute approximate surface area is 128 Å². The van der Waals surface area contributed by atoms with Gasteiger partial charge in [0.05, 0.1) is 0 Å². The number of anilines is 1. The van der Waals surface area contributed by atoms with Crippen molar-refractivity contribution in [1.29, 1.82) is 0 Å². The number of carbonyl (C=O) groups excluding carboxylic acids is 1. The van der Waals surface area contributed by atoms with Gasteiger partial charge in [-0.25, -0.2) is 0 Å². The van der Waals surface area contributed by atoms with Crippen LogP contribution in [0.2, 0.25) is 5.02 Å². The molecule has 3 rings (SSSR count). The van der Waals surface area contributed by atoms with Crippen LogP contribution in [0.5, 0.6) is 5.75 Å². The number of benzene rings is 2. The number of hydrogen-bond acceptors (Lipinski definition) is 2. The molecule has 1 aliphatic carbocycles. The maximum absolute atomic E-state index is 12.3. The van der Waals surface area contributed by atoms with E-state index in [2.05, 4.69) is 5.32 Å². The van der Waals surface area contributed by atoms with Crippen molar-refractivity contribution in [2.24, 2.45) is 5.92 Å². The Morgan fingerprint density at radius 1 is 1.24 bits per heavy atom. The summed E-state index contributed by atoms with van der Waals surface area (Å²) in [6.45, 7) is 1.92. The monoisotopic (exact) mass is 301 g/mol. The minimum Gasteiger partial charge on any atom is -0.508 e. The Hall–Kier alpha value is -2.00. The molecule has 4 heteroatoms. The first kappa shape index (κ1) is 14.0. The fourth-order valence-corrected chi connectivity index (χ4v) is 2.79. The van der Waals surface area contributed by atoms with Gasteiger partial charge in [0.2, 0.25) is 5.91 Å². The van der Waals surface area contributed by atoms with Crippen LogP contribution in [0, 0.1) is 12.8 Å². The van der Waals surface area contributed by atoms with Gasteiger partial charge >= 0.3 is 0 Å². The highest BCUT2D eigenvalue weighted by Gasteiger charge is 2.43. The molecule has 1 saturated carbocycles. The van der Waals surface area contributed by atoms with E-state index in [1.807, 2.05) is 31.2 Å². The normalized spacial score (nSPS) is 20.1. The van der Waals surface area contributed by atoms with E-state index in [0.717, 1.165) is 23.2 Å². The van der Waals surface area contributed by atoms with E-state index >= 15 is 0 Å². The molecule has 1 amide bonds. The summed E-state index contributed by atoms with van der Waals surface area (Å²) in [6, 6.07) is 12.5. The minimum absolute atomic E-state index is 0.00428. The number of carbonyl (C=O) groups is 1. The lowest BCUT2D eigenvalue weighted by molar-refractivity contribution is -0.117. The van der Waals surface area contributed by atoms with Crippen LogP contribution in [0.15, 0.2) is 42.5 Å². The highest BCUT2D eigenvalue weighted by molar-refractivity contribution is 6.30. The second-order valence-corrected chi connectivity index (χ2v) is 5.93. The van der Waals surface area contributed by atoms with Crippen molar-refractivity contribution in [1.82, 2.24) is 0 Å². The highest BCUT2D eigenvalue weighted by Crippen LogP contribution is 2.48. The number of aryl methyl sites for hydroxylation is 1. The summed E-state index contributed by atoms with van der Waals surface area (Å²) in [5, 5.41) is 12.9. The first-order chi connectivity index (χ1) is 10.0. The topological polar surface area (TPSA) is 49.3 Å². The zero-order chi connectivity index (χ0) is 15.0. The second-order valence-electron chi connectivity index (χ2n) is 5.49. The Bertz CT molecular complexity index is 682. The smallest absolute Gasteiger partial charge is 0.228 e. The van der Waals surface area contributed by atoms with Crippen molar-refractivity contribution >= 4 is 23.2 Å². The van der Waals surface area contributed by atoms with E-state index in [1.165, 1.54) is 0 Å². The molecule has 0 saturated heterocycles. The first-order valence-corrected chi connectivity index (χ1v) is 7.28. The summed E-state index contributed by atoms with van der Waals surface area (Å²) in [6.07, 6.45) is 0.850. The summed E-state index contributed by atoms with van der Waals surface area (Å²) in [5.74, 6) is 0.540. The Morgan fingerprint density at radius 3 is 2.62 bits per heavy atom. The molecule has 3 nitrogen and oxygen atoms in total. The summed E-state index contributed by atoms with van der Waals surface area (Å²) in [7, 11) is 0. The number of rotatable bonds is 3. The number of aromatic hydroxyl groups is 1. The van der Waals surface area contributed by atoms with Crippen LogP contribution in [0.1, 0.15) is 23.5 Å². The molecule has 0 aromatic heterocycles. The van der Waals surface area contributed by atoms with Crippen LogP contribution >= 0.6 is 11.6 Å². The zero-order valence-corrected chi connectivity index (χ0v) is 12.4. The Balaban J connectivity index is 1.66. The van der Waals surface area contributed by atoms with E-state index in [0.29, 0.717) is 5.02 Å². The predicted molar refractivity (Wildman–Crippen MR) is 83.8 cm³/mol. The summed E-state index contributed by atoms with van der Waals surface area (Å²) in [5.41, 5.74) is 2.86. The number of amides is 1. The van der Waals surface area contributed by atoms with Gasteiger partial charge in [0.25, 0.3) is 0 Å². The standard InChI is InChI=1S/C17H16ClNO2/c1-10-8-12(18)4-7-16(10)19-17(21)15-9-14(15)11-2-5-13(20)6-3-11/h2-8,14-15,20H,9H2,1H3,(H,19,21). The van der Waals surface area contributed by atoms with E-state index < -0.39 is 0 Å². The molecule has 1 aliphatic rings. The SMILES string of the molecule is Cc1cc(Cl)ccc1NC(=O)C1CC1c1ccc(O)cc1. The molecule has 108 valence electrons. The summed E-state index contributed by atoms with van der Waals surface area (Å²) >= 11 is 5.91. The van der Waals surface area contributed by atoms with Crippen LogP contribution in [0.3, 0.4) is 0 Å². The fourth-order valence-electron chi connectivity index (χ4n) is 2.57. The van der Waals surface area contributed by atoms with Crippen LogP contribution in [-0.2, 0) is 4.79 Å². The molecule has 2 aromatic carbocycles. The van der Waals surface area contributed by atoms with Crippen LogP contribution in [0.4, 0.5) is 5.69 Å². The van der Waals surface area contributed by atoms with Gasteiger partial charge < -0.3 is 10.4 Å². The molecule has 2 unspecified atom stereocenters. The number of phenols is 1. The van der Waals surface area contributed by atoms with Gasteiger partial charge in [-0.2, -0.15) is 0 Å². The van der Waals surface area contributed by atoms with Gasteiger partial charge in [-0.15, -0.1) is 0 Å². The number of phenolic OH excluding ortho intramolecular Hbond substituents is 1. The van der Waals surface area contributed by atoms with Crippen molar-refractivity contribution in [3.63, 3.8) is 0 Å². The average molecular weight is 302 g/mol. The third-order valence-corrected chi connectivity index (χ3v) is 4.13. The molecule has 2 atom stereocenters. The molecule has 21 heavy (non-hydrogen) atoms. The van der Waals surface area contributed by atoms with Gasteiger partial charge in [0.1, 0.15) is 5.75 Å². The van der Waals surface area contributed by atoms with Crippen LogP contribution in [-0.4, -0.2) is 11.0 Å². The van der Waals surface area contributed by atoms with Crippen molar-refractivity contribution < 1.29 is 9.90 Å². The average Bonchev–Trinajstić information content (AvgIpc) is 3.23. The third-order valence-electron chi connectivity index (χ3n) is 3.89. The van der Waals surface area contributed by atoms with Gasteiger partial charge in [-0.3, -0.25) is 4.79 Å². The molecule has 0 bridgehead atoms. The van der Waals surface area contributed by atoms with E-state index in [9.17, 15) is 9.90 Å². The Kier molecular flexibility index (Phi) is 3.60. The lowest BCUT2D eigenvalue weighted by atomic mass is 10.1. The van der Waals surface area contributed by atoms with Crippen LogP contribution in [0.25, 0.3) is 0 Å². The van der Waals surface area contributed by atoms with Crippen LogP contribution < -0.4 is 5.32 Å². The summed E-state index contributed by atoms with van der Waals surface area (Å²) < 4.78 is 0. The molecular weight excluding hydrogens is 286 g/mol. The fraction of sp³-hybridized carbons (Fsp3) is 0.235. The van der Waals surface area contributed by atoms with E-state index in [-0.39, 0.29) is 23.5 Å². The Morgan fingerprint density at radius 2 is 1.95 bits per heavy atom. The molecule has 2 aromatic rings. The van der Waals surface area contributed by atoms with Crippen molar-refractivity contribution in [3.05, 3.63) is 58.6 Å². The maximum atomic E-state index is 12.3. The quantitative estimate of drug-likeness (QED) is 0.897. The van der Waals surface area contributed by atoms with Crippen molar-refractivity contribution in [2.75, 3.05) is 5.32 Å². The van der Waals surface area contributed by atoms with Gasteiger partial charge in [-0.05, 0) is 60.7 Å². The molecular formula is C17H16ClNO2. The third kappa shape index (κ3) is 3.03. The highest BCUT2D eigenvalue weighted by atomic mass is 35.5. The minimum atomic E-state index is 0.00428. The lowest BCUT2D eigenvalue weighted by Gasteiger charge is -2.08. The van der Waals surface area contributed by atoms with E-state index in [1.54, 1.807) is 18.2 Å². The molecule has 0 heterocycles. The molecule has 2 N–H and O–H groups in total. The number of nitrogens with one attached hydrogen (secondary N) is 1. The number of halogens is 1. The number of hydrogen-bond donors (Lipinski definition) is 2. The molecule has 0 aliphatic heterocycles. The van der Waals surface area contributed by atoms with Gasteiger partial charge in [0, 0.05) is 16.6 Å². The molecule has 0 spiro atoms. The van der Waals surface area contributed by atoms with Crippen molar-refractivity contribution in [2.45, 2.75) is 19.3 Å². The lowest BCUT2D eigenvalue weighted by Crippen LogP contribution is -2.15. The first-order valence-electron chi connectivity index (χ1n) is 6.90. The van der Waals surface area contributed by atoms with Crippen molar-refractivity contribution in [3.8, 4) is 5.75 Å². The predicted octanol–water partition coefficient (Wildman–Crippen LogP) is 4.10. The summed E-state index contributed by atoms with van der Waals surface area (Å²) in [4.78, 5) is 12.3. The molecule has 1 fully saturated rings. The second kappa shape index (κ2) is 5.41. The largest absolute Gasteiger partial charge is 0.508 e. The maximum Gasteiger partial charge on any atom is 0.228 e. The van der Waals surface area contributed by atoms with Gasteiger partial charge in [0.15, 0.2) is 0 Å². The molecule has 0 radical (unpaired) electrons. The van der Waals surface area contributed by atoms with Gasteiger partial charge in [-0.1, -0.05) is 23.7 Å².